The molecule has 0 aromatic heterocycles. The van der Waals surface area contributed by atoms with E-state index in [0.717, 1.165) is 12.2 Å². The molecule has 0 saturated carbocycles. The second-order valence-electron chi connectivity index (χ2n) is 8.41. The Kier molecular flexibility index (Phi) is 9.24. The van der Waals surface area contributed by atoms with Crippen LogP contribution in [0.3, 0.4) is 0 Å². The van der Waals surface area contributed by atoms with Crippen molar-refractivity contribution in [1.82, 2.24) is 10.2 Å². The number of alkyl carbamates (subject to hydrolysis) is 1. The van der Waals surface area contributed by atoms with E-state index in [1.165, 1.54) is 0 Å². The summed E-state index contributed by atoms with van der Waals surface area (Å²) in [4.78, 5) is 26.6. The number of nitrogens with zero attached hydrogens (tertiary/aromatic N) is 1. The molecule has 2 amide bonds. The summed E-state index contributed by atoms with van der Waals surface area (Å²) in [6.45, 7) is 6.84. The summed E-state index contributed by atoms with van der Waals surface area (Å²) in [6.07, 6.45) is 2.05. The largest absolute Gasteiger partial charge is 0.494 e. The number of hydrogen-bond acceptors (Lipinski definition) is 5. The van der Waals surface area contributed by atoms with Gasteiger partial charge in [-0.05, 0) is 64.3 Å². The Morgan fingerprint density at radius 2 is 1.93 bits per heavy atom. The number of halogens is 1. The van der Waals surface area contributed by atoms with E-state index in [2.05, 4.69) is 5.32 Å². The van der Waals surface area contributed by atoms with Crippen molar-refractivity contribution < 1.29 is 23.8 Å². The first-order valence-electron chi connectivity index (χ1n) is 10.4. The van der Waals surface area contributed by atoms with Gasteiger partial charge in [-0.25, -0.2) is 4.79 Å². The maximum absolute atomic E-state index is 12.8. The molecule has 0 radical (unpaired) electrons. The monoisotopic (exact) mass is 440 g/mol. The van der Waals surface area contributed by atoms with E-state index in [0.29, 0.717) is 44.0 Å². The van der Waals surface area contributed by atoms with Crippen LogP contribution in [0.4, 0.5) is 4.79 Å². The SMILES string of the molecule is CO[C@H]1CCN(C(=O)CCCOc2ccc(Cl)cc2)[C@H](CNC(=O)OC(C)(C)C)C1. The highest BCUT2D eigenvalue weighted by atomic mass is 35.5. The minimum Gasteiger partial charge on any atom is -0.494 e. The van der Waals surface area contributed by atoms with Crippen LogP contribution in [-0.2, 0) is 14.3 Å². The maximum Gasteiger partial charge on any atom is 0.407 e. The molecule has 1 aliphatic heterocycles. The van der Waals surface area contributed by atoms with Crippen LogP contribution in [0, 0.1) is 0 Å². The average Bonchev–Trinajstić information content (AvgIpc) is 2.69. The van der Waals surface area contributed by atoms with Crippen LogP contribution >= 0.6 is 11.6 Å². The molecule has 168 valence electrons. The summed E-state index contributed by atoms with van der Waals surface area (Å²) >= 11 is 5.86. The van der Waals surface area contributed by atoms with Crippen molar-refractivity contribution in [2.24, 2.45) is 0 Å². The standard InChI is InChI=1S/C22H33ClN2O5/c1-22(2,3)30-21(27)24-15-17-14-19(28-4)11-12-25(17)20(26)6-5-13-29-18-9-7-16(23)8-10-18/h7-10,17,19H,5-6,11-15H2,1-4H3,(H,24,27)/t17-,19-/m0/s1. The van der Waals surface area contributed by atoms with Crippen LogP contribution in [-0.4, -0.2) is 61.5 Å². The van der Waals surface area contributed by atoms with Crippen molar-refractivity contribution >= 4 is 23.6 Å². The van der Waals surface area contributed by atoms with Crippen LogP contribution in [0.5, 0.6) is 5.75 Å². The van der Waals surface area contributed by atoms with Gasteiger partial charge in [-0.3, -0.25) is 4.79 Å². The van der Waals surface area contributed by atoms with Crippen LogP contribution < -0.4 is 10.1 Å². The lowest BCUT2D eigenvalue weighted by Gasteiger charge is -2.39. The van der Waals surface area contributed by atoms with E-state index in [9.17, 15) is 9.59 Å². The highest BCUT2D eigenvalue weighted by Gasteiger charge is 2.32. The smallest absolute Gasteiger partial charge is 0.407 e. The topological polar surface area (TPSA) is 77.1 Å². The van der Waals surface area contributed by atoms with E-state index < -0.39 is 11.7 Å². The number of carbonyl (C=O) groups excluding carboxylic acids is 2. The van der Waals surface area contributed by atoms with E-state index in [1.54, 1.807) is 31.4 Å². The Bertz CT molecular complexity index is 690. The number of amides is 2. The number of likely N-dealkylation sites (tertiary alicyclic amines) is 1. The highest BCUT2D eigenvalue weighted by Crippen LogP contribution is 2.21. The summed E-state index contributed by atoms with van der Waals surface area (Å²) in [5, 5.41) is 3.44. The molecule has 7 nitrogen and oxygen atoms in total. The Labute approximate surface area is 184 Å². The molecule has 0 spiro atoms. The van der Waals surface area contributed by atoms with Crippen LogP contribution in [0.1, 0.15) is 46.5 Å². The second-order valence-corrected chi connectivity index (χ2v) is 8.85. The molecule has 30 heavy (non-hydrogen) atoms. The van der Waals surface area contributed by atoms with Gasteiger partial charge >= 0.3 is 6.09 Å². The summed E-state index contributed by atoms with van der Waals surface area (Å²) in [5.41, 5.74) is -0.564. The summed E-state index contributed by atoms with van der Waals surface area (Å²) in [5.74, 6) is 0.785. The number of methoxy groups -OCH3 is 1. The zero-order valence-corrected chi connectivity index (χ0v) is 19.0. The fourth-order valence-electron chi connectivity index (χ4n) is 3.35. The van der Waals surface area contributed by atoms with Gasteiger partial charge in [0.05, 0.1) is 18.8 Å². The molecule has 0 bridgehead atoms. The molecule has 1 heterocycles. The first kappa shape index (κ1) is 24.3. The van der Waals surface area contributed by atoms with Gasteiger partial charge in [0.1, 0.15) is 11.4 Å². The van der Waals surface area contributed by atoms with E-state index in [1.807, 2.05) is 25.7 Å². The summed E-state index contributed by atoms with van der Waals surface area (Å²) in [6, 6.07) is 7.02. The first-order chi connectivity index (χ1) is 14.2. The van der Waals surface area contributed by atoms with Crippen LogP contribution in [0.2, 0.25) is 5.02 Å². The predicted molar refractivity (Wildman–Crippen MR) is 116 cm³/mol. The molecular formula is C22H33ClN2O5. The Morgan fingerprint density at radius 3 is 2.57 bits per heavy atom. The number of rotatable bonds is 8. The van der Waals surface area contributed by atoms with Crippen molar-refractivity contribution in [3.05, 3.63) is 29.3 Å². The lowest BCUT2D eigenvalue weighted by Crippen LogP contribution is -2.53. The lowest BCUT2D eigenvalue weighted by molar-refractivity contribution is -0.137. The molecule has 2 rings (SSSR count). The fourth-order valence-corrected chi connectivity index (χ4v) is 3.48. The van der Waals surface area contributed by atoms with Gasteiger partial charge < -0.3 is 24.4 Å². The number of benzene rings is 1. The molecule has 0 aliphatic carbocycles. The van der Waals surface area contributed by atoms with Crippen LogP contribution in [0.25, 0.3) is 0 Å². The third-order valence-corrected chi connectivity index (χ3v) is 5.07. The van der Waals surface area contributed by atoms with Gasteiger partial charge in [-0.2, -0.15) is 0 Å². The van der Waals surface area contributed by atoms with Crippen molar-refractivity contribution in [3.63, 3.8) is 0 Å². The van der Waals surface area contributed by atoms with Gasteiger partial charge in [0.2, 0.25) is 5.91 Å². The Balaban J connectivity index is 1.82. The van der Waals surface area contributed by atoms with Crippen LogP contribution in [0.15, 0.2) is 24.3 Å². The van der Waals surface area contributed by atoms with Gasteiger partial charge in [0.15, 0.2) is 0 Å². The molecule has 0 unspecified atom stereocenters. The third kappa shape index (κ3) is 8.40. The van der Waals surface area contributed by atoms with Gasteiger partial charge in [0, 0.05) is 31.6 Å². The van der Waals surface area contributed by atoms with E-state index >= 15 is 0 Å². The molecule has 1 N–H and O–H groups in total. The normalized spacial score (nSPS) is 19.3. The predicted octanol–water partition coefficient (Wildman–Crippen LogP) is 4.03. The molecule has 1 saturated heterocycles. The van der Waals surface area contributed by atoms with Crippen molar-refractivity contribution in [3.8, 4) is 5.75 Å². The van der Waals surface area contributed by atoms with Gasteiger partial charge in [-0.1, -0.05) is 11.6 Å². The summed E-state index contributed by atoms with van der Waals surface area (Å²) in [7, 11) is 1.68. The van der Waals surface area contributed by atoms with Gasteiger partial charge in [-0.15, -0.1) is 0 Å². The molecule has 1 aromatic rings. The van der Waals surface area contributed by atoms with Crippen molar-refractivity contribution in [2.75, 3.05) is 26.8 Å². The zero-order chi connectivity index (χ0) is 22.1. The van der Waals surface area contributed by atoms with E-state index in [4.69, 9.17) is 25.8 Å². The Hall–Kier alpha value is -1.99. The summed E-state index contributed by atoms with van der Waals surface area (Å²) < 4.78 is 16.4. The molecule has 8 heteroatoms. The highest BCUT2D eigenvalue weighted by molar-refractivity contribution is 6.30. The fraction of sp³-hybridized carbons (Fsp3) is 0.636. The third-order valence-electron chi connectivity index (χ3n) is 4.82. The van der Waals surface area contributed by atoms with Gasteiger partial charge in [0.25, 0.3) is 0 Å². The minimum atomic E-state index is -0.564. The lowest BCUT2D eigenvalue weighted by atomic mass is 9.98. The number of carbonyl (C=O) groups is 2. The second kappa shape index (κ2) is 11.4. The minimum absolute atomic E-state index is 0.0558. The van der Waals surface area contributed by atoms with Crippen molar-refractivity contribution in [1.29, 1.82) is 0 Å². The molecular weight excluding hydrogens is 408 g/mol. The number of nitrogens with one attached hydrogen (secondary N) is 1. The number of ether oxygens (including phenoxy) is 3. The number of piperidine rings is 1. The molecule has 1 aromatic carbocycles. The molecule has 1 fully saturated rings. The quantitative estimate of drug-likeness (QED) is 0.617. The molecule has 2 atom stereocenters. The molecule has 1 aliphatic rings. The number of hydrogen-bond donors (Lipinski definition) is 1. The average molecular weight is 441 g/mol. The zero-order valence-electron chi connectivity index (χ0n) is 18.3. The maximum atomic E-state index is 12.8. The van der Waals surface area contributed by atoms with E-state index in [-0.39, 0.29) is 18.1 Å². The first-order valence-corrected chi connectivity index (χ1v) is 10.7. The Morgan fingerprint density at radius 1 is 1.23 bits per heavy atom. The van der Waals surface area contributed by atoms with Crippen molar-refractivity contribution in [2.45, 2.75) is 64.2 Å².